The van der Waals surface area contributed by atoms with Gasteiger partial charge in [-0.1, -0.05) is 15.9 Å². The van der Waals surface area contributed by atoms with Crippen molar-refractivity contribution in [2.75, 3.05) is 5.32 Å². The standard InChI is InChI=1S/C15H16BrNO/c1-10-9-11(16)5-6-13(10)17-14-3-2-4-15-12(14)7-8-18-15/h5-9,14,17H,2-4H2,1H3. The van der Waals surface area contributed by atoms with Gasteiger partial charge in [0.2, 0.25) is 0 Å². The Balaban J connectivity index is 1.86. The van der Waals surface area contributed by atoms with Crippen molar-refractivity contribution >= 4 is 21.6 Å². The lowest BCUT2D eigenvalue weighted by atomic mass is 9.93. The minimum atomic E-state index is 0.382. The van der Waals surface area contributed by atoms with Crippen LogP contribution < -0.4 is 5.32 Å². The molecule has 0 bridgehead atoms. The molecule has 1 N–H and O–H groups in total. The molecule has 0 saturated carbocycles. The minimum Gasteiger partial charge on any atom is -0.469 e. The molecule has 2 aromatic rings. The number of benzene rings is 1. The molecule has 1 atom stereocenters. The van der Waals surface area contributed by atoms with Gasteiger partial charge in [-0.15, -0.1) is 0 Å². The van der Waals surface area contributed by atoms with E-state index < -0.39 is 0 Å². The molecule has 1 aliphatic rings. The fraction of sp³-hybridized carbons (Fsp3) is 0.333. The Morgan fingerprint density at radius 3 is 3.06 bits per heavy atom. The van der Waals surface area contributed by atoms with Crippen LogP contribution in [0.25, 0.3) is 0 Å². The number of furan rings is 1. The number of halogens is 1. The van der Waals surface area contributed by atoms with Gasteiger partial charge in [0.1, 0.15) is 5.76 Å². The van der Waals surface area contributed by atoms with Crippen LogP contribution in [0.5, 0.6) is 0 Å². The van der Waals surface area contributed by atoms with Gasteiger partial charge in [0.15, 0.2) is 0 Å². The number of fused-ring (bicyclic) bond motifs is 1. The molecule has 2 nitrogen and oxygen atoms in total. The third-order valence-corrected chi connectivity index (χ3v) is 4.06. The number of nitrogens with one attached hydrogen (secondary N) is 1. The van der Waals surface area contributed by atoms with Gasteiger partial charge < -0.3 is 9.73 Å². The largest absolute Gasteiger partial charge is 0.469 e. The number of anilines is 1. The van der Waals surface area contributed by atoms with E-state index in [2.05, 4.69) is 52.4 Å². The van der Waals surface area contributed by atoms with E-state index >= 15 is 0 Å². The highest BCUT2D eigenvalue weighted by Crippen LogP contribution is 2.34. The normalized spacial score (nSPS) is 18.4. The monoisotopic (exact) mass is 305 g/mol. The summed E-state index contributed by atoms with van der Waals surface area (Å²) in [5.41, 5.74) is 3.79. The third kappa shape index (κ3) is 2.19. The highest BCUT2D eigenvalue weighted by atomic mass is 79.9. The van der Waals surface area contributed by atoms with Crippen molar-refractivity contribution in [1.82, 2.24) is 0 Å². The van der Waals surface area contributed by atoms with Crippen molar-refractivity contribution in [3.05, 3.63) is 51.9 Å². The molecule has 18 heavy (non-hydrogen) atoms. The average molecular weight is 306 g/mol. The van der Waals surface area contributed by atoms with Crippen LogP contribution >= 0.6 is 15.9 Å². The van der Waals surface area contributed by atoms with Crippen molar-refractivity contribution in [3.8, 4) is 0 Å². The zero-order valence-corrected chi connectivity index (χ0v) is 12.0. The summed E-state index contributed by atoms with van der Waals surface area (Å²) in [6, 6.07) is 8.83. The maximum Gasteiger partial charge on any atom is 0.109 e. The van der Waals surface area contributed by atoms with Gasteiger partial charge in [-0.2, -0.15) is 0 Å². The van der Waals surface area contributed by atoms with E-state index in [9.17, 15) is 0 Å². The van der Waals surface area contributed by atoms with Gasteiger partial charge in [0.25, 0.3) is 0 Å². The van der Waals surface area contributed by atoms with Gasteiger partial charge in [0, 0.05) is 22.1 Å². The Morgan fingerprint density at radius 2 is 2.22 bits per heavy atom. The highest BCUT2D eigenvalue weighted by molar-refractivity contribution is 9.10. The van der Waals surface area contributed by atoms with Gasteiger partial charge in [-0.25, -0.2) is 0 Å². The topological polar surface area (TPSA) is 25.2 Å². The predicted molar refractivity (Wildman–Crippen MR) is 76.9 cm³/mol. The first-order chi connectivity index (χ1) is 8.74. The number of hydrogen-bond acceptors (Lipinski definition) is 2. The summed E-state index contributed by atoms with van der Waals surface area (Å²) in [7, 11) is 0. The molecule has 3 rings (SSSR count). The molecule has 1 aromatic heterocycles. The van der Waals surface area contributed by atoms with Crippen molar-refractivity contribution < 1.29 is 4.42 Å². The molecule has 1 heterocycles. The summed E-state index contributed by atoms with van der Waals surface area (Å²) in [6.45, 7) is 2.13. The van der Waals surface area contributed by atoms with Crippen LogP contribution in [0.2, 0.25) is 0 Å². The van der Waals surface area contributed by atoms with Crippen LogP contribution in [0.3, 0.4) is 0 Å². The molecule has 0 saturated heterocycles. The maximum atomic E-state index is 5.53. The second kappa shape index (κ2) is 4.81. The summed E-state index contributed by atoms with van der Waals surface area (Å²) in [5, 5.41) is 3.64. The zero-order chi connectivity index (χ0) is 12.5. The maximum absolute atomic E-state index is 5.53. The summed E-state index contributed by atoms with van der Waals surface area (Å²) >= 11 is 3.50. The van der Waals surface area contributed by atoms with Gasteiger partial charge in [-0.05, 0) is 49.6 Å². The lowest BCUT2D eigenvalue weighted by Crippen LogP contribution is -2.16. The van der Waals surface area contributed by atoms with Crippen LogP contribution in [0.15, 0.2) is 39.4 Å². The van der Waals surface area contributed by atoms with Crippen LogP contribution in [-0.4, -0.2) is 0 Å². The second-order valence-electron chi connectivity index (χ2n) is 4.85. The van der Waals surface area contributed by atoms with Gasteiger partial charge in [0.05, 0.1) is 12.3 Å². The smallest absolute Gasteiger partial charge is 0.109 e. The third-order valence-electron chi connectivity index (χ3n) is 3.57. The lowest BCUT2D eigenvalue weighted by Gasteiger charge is -2.24. The van der Waals surface area contributed by atoms with E-state index in [1.807, 2.05) is 0 Å². The Kier molecular flexibility index (Phi) is 3.16. The van der Waals surface area contributed by atoms with Crippen molar-refractivity contribution in [2.24, 2.45) is 0 Å². The molecule has 3 heteroatoms. The van der Waals surface area contributed by atoms with Crippen molar-refractivity contribution in [3.63, 3.8) is 0 Å². The average Bonchev–Trinajstić information content (AvgIpc) is 2.82. The lowest BCUT2D eigenvalue weighted by molar-refractivity contribution is 0.461. The highest BCUT2D eigenvalue weighted by Gasteiger charge is 2.22. The van der Waals surface area contributed by atoms with Crippen molar-refractivity contribution in [1.29, 1.82) is 0 Å². The first kappa shape index (κ1) is 11.8. The molecule has 0 spiro atoms. The van der Waals surface area contributed by atoms with Crippen LogP contribution in [0.1, 0.15) is 35.8 Å². The first-order valence-corrected chi connectivity index (χ1v) is 7.12. The van der Waals surface area contributed by atoms with Gasteiger partial charge in [-0.3, -0.25) is 0 Å². The minimum absolute atomic E-state index is 0.382. The second-order valence-corrected chi connectivity index (χ2v) is 5.76. The molecule has 0 fully saturated rings. The Bertz CT molecular complexity index is 561. The van der Waals surface area contributed by atoms with E-state index in [0.29, 0.717) is 6.04 Å². The predicted octanol–water partition coefficient (Wildman–Crippen LogP) is 4.84. The summed E-state index contributed by atoms with van der Waals surface area (Å²) in [4.78, 5) is 0. The fourth-order valence-corrected chi connectivity index (χ4v) is 3.09. The quantitative estimate of drug-likeness (QED) is 0.859. The van der Waals surface area contributed by atoms with E-state index in [1.165, 1.54) is 29.7 Å². The first-order valence-electron chi connectivity index (χ1n) is 6.33. The summed E-state index contributed by atoms with van der Waals surface area (Å²) in [6.07, 6.45) is 5.23. The molecule has 1 aromatic carbocycles. The molecular weight excluding hydrogens is 290 g/mol. The Hall–Kier alpha value is -1.22. The summed E-state index contributed by atoms with van der Waals surface area (Å²) < 4.78 is 6.65. The molecule has 94 valence electrons. The van der Waals surface area contributed by atoms with Crippen LogP contribution in [0, 0.1) is 6.92 Å². The van der Waals surface area contributed by atoms with Crippen LogP contribution in [-0.2, 0) is 6.42 Å². The van der Waals surface area contributed by atoms with Gasteiger partial charge >= 0.3 is 0 Å². The number of rotatable bonds is 2. The van der Waals surface area contributed by atoms with E-state index in [0.717, 1.165) is 16.7 Å². The molecule has 0 aliphatic heterocycles. The molecule has 0 amide bonds. The summed E-state index contributed by atoms with van der Waals surface area (Å²) in [5.74, 6) is 1.15. The molecular formula is C15H16BrNO. The zero-order valence-electron chi connectivity index (χ0n) is 10.4. The van der Waals surface area contributed by atoms with Crippen LogP contribution in [0.4, 0.5) is 5.69 Å². The fourth-order valence-electron chi connectivity index (χ4n) is 2.61. The number of aryl methyl sites for hydroxylation is 2. The van der Waals surface area contributed by atoms with E-state index in [1.54, 1.807) is 6.26 Å². The van der Waals surface area contributed by atoms with E-state index in [-0.39, 0.29) is 0 Å². The SMILES string of the molecule is Cc1cc(Br)ccc1NC1CCCc2occc21. The molecule has 1 aliphatic carbocycles. The number of hydrogen-bond donors (Lipinski definition) is 1. The van der Waals surface area contributed by atoms with Crippen molar-refractivity contribution in [2.45, 2.75) is 32.2 Å². The molecule has 1 unspecified atom stereocenters. The Labute approximate surface area is 116 Å². The molecule has 0 radical (unpaired) electrons. The Morgan fingerprint density at radius 1 is 1.33 bits per heavy atom. The van der Waals surface area contributed by atoms with E-state index in [4.69, 9.17) is 4.42 Å².